The Morgan fingerprint density at radius 2 is 0.586 bits per heavy atom. The Balaban J connectivity index is 4.47. The molecular formula is C64H110O6. The first-order valence-corrected chi connectivity index (χ1v) is 29.6. The lowest BCUT2D eigenvalue weighted by Gasteiger charge is -2.18. The molecule has 6 nitrogen and oxygen atoms in total. The summed E-state index contributed by atoms with van der Waals surface area (Å²) in [5.41, 5.74) is 0. The molecule has 0 saturated heterocycles. The van der Waals surface area contributed by atoms with Gasteiger partial charge in [-0.25, -0.2) is 0 Å². The van der Waals surface area contributed by atoms with E-state index in [0.717, 1.165) is 77.0 Å². The first-order chi connectivity index (χ1) is 34.5. The van der Waals surface area contributed by atoms with Gasteiger partial charge in [-0.15, -0.1) is 0 Å². The molecule has 6 heteroatoms. The second-order valence-corrected chi connectivity index (χ2v) is 19.5. The van der Waals surface area contributed by atoms with Crippen molar-refractivity contribution in [3.05, 3.63) is 85.1 Å². The van der Waals surface area contributed by atoms with E-state index in [1.54, 1.807) is 0 Å². The van der Waals surface area contributed by atoms with Crippen LogP contribution in [0.3, 0.4) is 0 Å². The third-order valence-corrected chi connectivity index (χ3v) is 12.6. The first kappa shape index (κ1) is 66.6. The van der Waals surface area contributed by atoms with Crippen LogP contribution in [-0.4, -0.2) is 37.2 Å². The van der Waals surface area contributed by atoms with Crippen molar-refractivity contribution in [2.75, 3.05) is 13.2 Å². The Kier molecular flexibility index (Phi) is 55.3. The van der Waals surface area contributed by atoms with Gasteiger partial charge in [-0.3, -0.25) is 14.4 Å². The van der Waals surface area contributed by atoms with Crippen molar-refractivity contribution in [2.24, 2.45) is 0 Å². The van der Waals surface area contributed by atoms with E-state index in [0.29, 0.717) is 19.3 Å². The van der Waals surface area contributed by atoms with Crippen LogP contribution in [0.4, 0.5) is 0 Å². The lowest BCUT2D eigenvalue weighted by atomic mass is 10.0. The highest BCUT2D eigenvalue weighted by atomic mass is 16.6. The Morgan fingerprint density at radius 3 is 0.957 bits per heavy atom. The quantitative estimate of drug-likeness (QED) is 0.0261. The highest BCUT2D eigenvalue weighted by Crippen LogP contribution is 2.16. The topological polar surface area (TPSA) is 78.9 Å². The fourth-order valence-electron chi connectivity index (χ4n) is 8.23. The standard InChI is InChI=1S/C64H110O6/c1-4-7-10-13-16-19-22-25-28-30-32-34-36-39-42-45-48-51-54-57-63(66)69-60-61(59-68-62(65)56-53-50-47-44-41-38-27-24-21-18-15-12-9-6-3)70-64(67)58-55-52-49-46-43-40-37-35-33-31-29-26-23-20-17-14-11-8-5-2/h7,10,16,19,25-26,28-29,32,34,39,42,48,51,61H,4-6,8-9,11-15,17-18,20-24,27,30-31,33,35-38,40-41,43-47,49-50,52-60H2,1-3H3/b10-7-,19-16-,28-25-,29-26-,34-32-,42-39-,51-48-. The highest BCUT2D eigenvalue weighted by molar-refractivity contribution is 5.71. The monoisotopic (exact) mass is 975 g/mol. The number of rotatable bonds is 53. The van der Waals surface area contributed by atoms with Crippen LogP contribution >= 0.6 is 0 Å². The summed E-state index contributed by atoms with van der Waals surface area (Å²) in [5, 5.41) is 0. The van der Waals surface area contributed by atoms with Crippen LogP contribution in [0.25, 0.3) is 0 Å². The fourth-order valence-corrected chi connectivity index (χ4v) is 8.23. The van der Waals surface area contributed by atoms with Gasteiger partial charge < -0.3 is 14.2 Å². The van der Waals surface area contributed by atoms with E-state index in [9.17, 15) is 14.4 Å². The molecule has 0 aromatic rings. The largest absolute Gasteiger partial charge is 0.462 e. The molecule has 0 fully saturated rings. The minimum atomic E-state index is -0.807. The molecule has 402 valence electrons. The Bertz CT molecular complexity index is 1350. The van der Waals surface area contributed by atoms with Crippen LogP contribution in [0, 0.1) is 0 Å². The van der Waals surface area contributed by atoms with Gasteiger partial charge in [0.15, 0.2) is 6.10 Å². The average molecular weight is 976 g/mol. The molecule has 0 spiro atoms. The molecule has 0 aliphatic carbocycles. The summed E-state index contributed by atoms with van der Waals surface area (Å²) >= 11 is 0. The summed E-state index contributed by atoms with van der Waals surface area (Å²) in [4.78, 5) is 38.2. The molecule has 0 rings (SSSR count). The van der Waals surface area contributed by atoms with Crippen LogP contribution < -0.4 is 0 Å². The van der Waals surface area contributed by atoms with Gasteiger partial charge in [-0.2, -0.15) is 0 Å². The van der Waals surface area contributed by atoms with E-state index in [2.05, 4.69) is 99.8 Å². The summed E-state index contributed by atoms with van der Waals surface area (Å²) in [6.07, 6.45) is 75.9. The van der Waals surface area contributed by atoms with E-state index in [1.165, 1.54) is 161 Å². The van der Waals surface area contributed by atoms with Crippen molar-refractivity contribution in [2.45, 2.75) is 290 Å². The van der Waals surface area contributed by atoms with E-state index in [1.807, 2.05) is 6.08 Å². The predicted molar refractivity (Wildman–Crippen MR) is 302 cm³/mol. The maximum atomic E-state index is 12.9. The van der Waals surface area contributed by atoms with Gasteiger partial charge in [0.2, 0.25) is 0 Å². The molecule has 0 amide bonds. The third kappa shape index (κ3) is 55.5. The summed E-state index contributed by atoms with van der Waals surface area (Å²) in [7, 11) is 0. The number of carbonyl (C=O) groups is 3. The van der Waals surface area contributed by atoms with E-state index < -0.39 is 6.10 Å². The normalized spacial score (nSPS) is 12.7. The van der Waals surface area contributed by atoms with Crippen molar-refractivity contribution < 1.29 is 28.6 Å². The van der Waals surface area contributed by atoms with Gasteiger partial charge in [0, 0.05) is 19.3 Å². The first-order valence-electron chi connectivity index (χ1n) is 29.6. The second kappa shape index (κ2) is 58.2. The summed E-state index contributed by atoms with van der Waals surface area (Å²) in [6.45, 7) is 6.48. The Morgan fingerprint density at radius 1 is 0.300 bits per heavy atom. The third-order valence-electron chi connectivity index (χ3n) is 12.6. The maximum Gasteiger partial charge on any atom is 0.306 e. The molecule has 1 unspecified atom stereocenters. The molecule has 0 radical (unpaired) electrons. The lowest BCUT2D eigenvalue weighted by Crippen LogP contribution is -2.30. The minimum absolute atomic E-state index is 0.0981. The average Bonchev–Trinajstić information content (AvgIpc) is 3.36. The van der Waals surface area contributed by atoms with Crippen molar-refractivity contribution in [3.8, 4) is 0 Å². The van der Waals surface area contributed by atoms with Gasteiger partial charge in [-0.1, -0.05) is 266 Å². The number of unbranched alkanes of at least 4 members (excludes halogenated alkanes) is 28. The smallest absolute Gasteiger partial charge is 0.306 e. The molecule has 1 atom stereocenters. The van der Waals surface area contributed by atoms with Crippen LogP contribution in [0.15, 0.2) is 85.1 Å². The van der Waals surface area contributed by atoms with Gasteiger partial charge in [0.05, 0.1) is 0 Å². The van der Waals surface area contributed by atoms with Crippen molar-refractivity contribution >= 4 is 17.9 Å². The molecule has 70 heavy (non-hydrogen) atoms. The molecule has 0 saturated carbocycles. The van der Waals surface area contributed by atoms with E-state index in [4.69, 9.17) is 14.2 Å². The maximum absolute atomic E-state index is 12.9. The van der Waals surface area contributed by atoms with Crippen molar-refractivity contribution in [1.29, 1.82) is 0 Å². The number of hydrogen-bond donors (Lipinski definition) is 0. The molecule has 0 heterocycles. The predicted octanol–water partition coefficient (Wildman–Crippen LogP) is 19.9. The summed E-state index contributed by atoms with van der Waals surface area (Å²) in [6, 6.07) is 0. The molecule has 0 aromatic carbocycles. The lowest BCUT2D eigenvalue weighted by molar-refractivity contribution is -0.166. The molecule has 0 aromatic heterocycles. The minimum Gasteiger partial charge on any atom is -0.462 e. The number of hydrogen-bond acceptors (Lipinski definition) is 6. The van der Waals surface area contributed by atoms with Gasteiger partial charge in [0.1, 0.15) is 13.2 Å². The number of carbonyl (C=O) groups excluding carboxylic acids is 3. The summed E-state index contributed by atoms with van der Waals surface area (Å²) < 4.78 is 16.8. The van der Waals surface area contributed by atoms with Crippen LogP contribution in [0.1, 0.15) is 284 Å². The number of allylic oxidation sites excluding steroid dienone is 14. The van der Waals surface area contributed by atoms with E-state index in [-0.39, 0.29) is 37.5 Å². The Labute approximate surface area is 433 Å². The fraction of sp³-hybridized carbons (Fsp3) is 0.734. The number of esters is 3. The zero-order valence-electron chi connectivity index (χ0n) is 46.0. The second-order valence-electron chi connectivity index (χ2n) is 19.5. The van der Waals surface area contributed by atoms with Crippen LogP contribution in [-0.2, 0) is 28.6 Å². The van der Waals surface area contributed by atoms with Crippen LogP contribution in [0.5, 0.6) is 0 Å². The SMILES string of the molecule is CC/C=C\C/C=C\C/C=C\C/C=C\C/C=C\C/C=C\CCC(=O)OCC(COC(=O)CCCCCCCCCCCCCCCC)OC(=O)CCCCCCCCCCC/C=C\CCCCCCCC. The highest BCUT2D eigenvalue weighted by Gasteiger charge is 2.19. The van der Waals surface area contributed by atoms with Gasteiger partial charge in [0.25, 0.3) is 0 Å². The summed E-state index contributed by atoms with van der Waals surface area (Å²) in [5.74, 6) is -0.979. The van der Waals surface area contributed by atoms with Crippen molar-refractivity contribution in [3.63, 3.8) is 0 Å². The molecular weight excluding hydrogens is 865 g/mol. The van der Waals surface area contributed by atoms with Gasteiger partial charge >= 0.3 is 17.9 Å². The van der Waals surface area contributed by atoms with E-state index >= 15 is 0 Å². The molecule has 0 aliphatic heterocycles. The van der Waals surface area contributed by atoms with Gasteiger partial charge in [-0.05, 0) is 83.5 Å². The molecule has 0 N–H and O–H groups in total. The Hall–Kier alpha value is -3.41. The molecule has 0 bridgehead atoms. The van der Waals surface area contributed by atoms with Crippen molar-refractivity contribution in [1.82, 2.24) is 0 Å². The zero-order valence-corrected chi connectivity index (χ0v) is 46.0. The molecule has 0 aliphatic rings. The number of ether oxygens (including phenoxy) is 3. The zero-order chi connectivity index (χ0) is 50.7. The van der Waals surface area contributed by atoms with Crippen LogP contribution in [0.2, 0.25) is 0 Å².